The van der Waals surface area contributed by atoms with E-state index in [0.717, 1.165) is 12.8 Å². The van der Waals surface area contributed by atoms with Gasteiger partial charge in [0, 0.05) is 25.3 Å². The molecule has 1 fully saturated rings. The van der Waals surface area contributed by atoms with Crippen LogP contribution in [0.3, 0.4) is 0 Å². The van der Waals surface area contributed by atoms with Crippen molar-refractivity contribution in [2.45, 2.75) is 52.2 Å². The van der Waals surface area contributed by atoms with Crippen LogP contribution in [0.4, 0.5) is 10.6 Å². The molecule has 1 aromatic rings. The zero-order valence-electron chi connectivity index (χ0n) is 15.0. The van der Waals surface area contributed by atoms with Crippen LogP contribution in [0.25, 0.3) is 0 Å². The van der Waals surface area contributed by atoms with Gasteiger partial charge in [-0.25, -0.2) is 9.78 Å². The Morgan fingerprint density at radius 1 is 1.40 bits per heavy atom. The first-order chi connectivity index (χ1) is 11.6. The summed E-state index contributed by atoms with van der Waals surface area (Å²) in [6, 6.07) is 0.115. The number of ether oxygens (including phenoxy) is 1. The molecule has 0 saturated carbocycles. The lowest BCUT2D eigenvalue weighted by Gasteiger charge is -2.33. The molecule has 0 spiro atoms. The van der Waals surface area contributed by atoms with Crippen molar-refractivity contribution in [2.75, 3.05) is 18.4 Å². The van der Waals surface area contributed by atoms with Crippen LogP contribution in [0, 0.1) is 10.8 Å². The number of aromatic nitrogens is 2. The number of carbonyl (C=O) groups is 1. The van der Waals surface area contributed by atoms with Crippen molar-refractivity contribution in [1.29, 1.82) is 10.8 Å². The maximum Gasteiger partial charge on any atom is 0.410 e. The van der Waals surface area contributed by atoms with Crippen molar-refractivity contribution in [2.24, 2.45) is 0 Å². The monoisotopic (exact) mass is 412 g/mol. The van der Waals surface area contributed by atoms with E-state index in [9.17, 15) is 4.79 Å². The van der Waals surface area contributed by atoms with Crippen LogP contribution < -0.4 is 10.8 Å². The van der Waals surface area contributed by atoms with E-state index in [1.807, 2.05) is 20.8 Å². The summed E-state index contributed by atoms with van der Waals surface area (Å²) in [6.07, 6.45) is 2.80. The lowest BCUT2D eigenvalue weighted by atomic mass is 10.1. The zero-order valence-corrected chi connectivity index (χ0v) is 16.6. The zero-order chi connectivity index (χ0) is 18.8. The Hall–Kier alpha value is -1.90. The average molecular weight is 413 g/mol. The second-order valence-corrected chi connectivity index (χ2v) is 7.91. The van der Waals surface area contributed by atoms with Crippen LogP contribution >= 0.6 is 15.9 Å². The number of halogens is 1. The van der Waals surface area contributed by atoms with E-state index in [1.165, 1.54) is 4.57 Å². The Labute approximate surface area is 155 Å². The van der Waals surface area contributed by atoms with E-state index >= 15 is 0 Å². The number of carbonyl (C=O) groups excluding carboxylic acids is 1. The molecule has 0 unspecified atom stereocenters. The number of rotatable bonds is 2. The molecule has 9 heteroatoms. The van der Waals surface area contributed by atoms with Crippen LogP contribution in [0.1, 0.15) is 40.5 Å². The molecule has 8 nitrogen and oxygen atoms in total. The summed E-state index contributed by atoms with van der Waals surface area (Å²) in [4.78, 5) is 18.1. The molecule has 1 aliphatic rings. The molecule has 3 N–H and O–H groups in total. The topological polar surface area (TPSA) is 107 Å². The Kier molecular flexibility index (Phi) is 5.87. The molecule has 1 saturated heterocycles. The Morgan fingerprint density at radius 3 is 2.52 bits per heavy atom. The summed E-state index contributed by atoms with van der Waals surface area (Å²) in [5.41, 5.74) is -0.351. The highest BCUT2D eigenvalue weighted by molar-refractivity contribution is 9.10. The maximum atomic E-state index is 12.1. The second-order valence-electron chi connectivity index (χ2n) is 7.10. The molecule has 0 aliphatic carbocycles. The Bertz CT molecular complexity index is 716. The normalized spacial score (nSPS) is 15.8. The molecule has 2 rings (SSSR count). The highest BCUT2D eigenvalue weighted by atomic mass is 79.9. The van der Waals surface area contributed by atoms with Gasteiger partial charge in [-0.05, 0) is 56.5 Å². The molecular formula is C16H25BrN6O2. The lowest BCUT2D eigenvalue weighted by molar-refractivity contribution is 0.0210. The number of hydrogen-bond acceptors (Lipinski definition) is 6. The summed E-state index contributed by atoms with van der Waals surface area (Å²) in [5, 5.41) is 19.2. The van der Waals surface area contributed by atoms with Crippen LogP contribution in [-0.2, 0) is 4.74 Å². The number of nitrogens with zero attached hydrogens (tertiary/aromatic N) is 3. The van der Waals surface area contributed by atoms with Gasteiger partial charge >= 0.3 is 6.09 Å². The van der Waals surface area contributed by atoms with E-state index in [-0.39, 0.29) is 23.5 Å². The summed E-state index contributed by atoms with van der Waals surface area (Å²) >= 11 is 3.32. The van der Waals surface area contributed by atoms with Crippen molar-refractivity contribution in [3.05, 3.63) is 16.3 Å². The van der Waals surface area contributed by atoms with Gasteiger partial charge < -0.3 is 15.0 Å². The number of likely N-dealkylation sites (tertiary alicyclic amines) is 1. The summed E-state index contributed by atoms with van der Waals surface area (Å²) in [7, 11) is 0. The Balaban J connectivity index is 2.00. The summed E-state index contributed by atoms with van der Waals surface area (Å²) < 4.78 is 7.41. The predicted octanol–water partition coefficient (Wildman–Crippen LogP) is 2.78. The van der Waals surface area contributed by atoms with Gasteiger partial charge in [-0.3, -0.25) is 15.4 Å². The summed E-state index contributed by atoms with van der Waals surface area (Å²) in [6.45, 7) is 8.38. The van der Waals surface area contributed by atoms with Crippen LogP contribution in [0.15, 0.2) is 10.8 Å². The molecule has 0 bridgehead atoms. The van der Waals surface area contributed by atoms with E-state index in [4.69, 9.17) is 15.6 Å². The SMILES string of the molecule is CC(=N)n1cc(Br)nc(NC2CCN(C(=O)OC(C)(C)C)CC2)c1=N. The minimum Gasteiger partial charge on any atom is -0.444 e. The minimum absolute atomic E-state index is 0.115. The average Bonchev–Trinajstić information content (AvgIpc) is 2.49. The quantitative estimate of drug-likeness (QED) is 0.512. The van der Waals surface area contributed by atoms with Crippen molar-refractivity contribution in [3.8, 4) is 0 Å². The molecule has 25 heavy (non-hydrogen) atoms. The lowest BCUT2D eigenvalue weighted by Crippen LogP contribution is -2.45. The molecule has 0 aromatic carbocycles. The van der Waals surface area contributed by atoms with E-state index in [2.05, 4.69) is 26.2 Å². The third-order valence-corrected chi connectivity index (χ3v) is 4.15. The van der Waals surface area contributed by atoms with Gasteiger partial charge in [-0.15, -0.1) is 0 Å². The fourth-order valence-corrected chi connectivity index (χ4v) is 2.95. The first-order valence-corrected chi connectivity index (χ1v) is 9.00. The van der Waals surface area contributed by atoms with E-state index in [1.54, 1.807) is 18.0 Å². The number of hydrogen-bond donors (Lipinski definition) is 3. The van der Waals surface area contributed by atoms with Crippen LogP contribution in [0.2, 0.25) is 0 Å². The molecule has 138 valence electrons. The van der Waals surface area contributed by atoms with Gasteiger partial charge in [-0.2, -0.15) is 0 Å². The number of piperidine rings is 1. The largest absolute Gasteiger partial charge is 0.444 e. The van der Waals surface area contributed by atoms with E-state index in [0.29, 0.717) is 23.5 Å². The third-order valence-electron chi connectivity index (χ3n) is 3.77. The standard InChI is InChI=1S/C16H25BrN6O2/c1-10(18)23-9-12(17)21-14(13(23)19)20-11-5-7-22(8-6-11)15(24)25-16(2,3)4/h9,11,18-19H,5-8H2,1-4H3,(H,20,21). The van der Waals surface area contributed by atoms with Crippen molar-refractivity contribution in [1.82, 2.24) is 14.5 Å². The van der Waals surface area contributed by atoms with Gasteiger partial charge in [0.15, 0.2) is 11.3 Å². The minimum atomic E-state index is -0.495. The molecule has 1 aromatic heterocycles. The third kappa shape index (κ3) is 5.29. The number of amides is 1. The van der Waals surface area contributed by atoms with Gasteiger partial charge in [0.1, 0.15) is 16.0 Å². The molecule has 1 amide bonds. The Morgan fingerprint density at radius 2 is 2.00 bits per heavy atom. The fraction of sp³-hybridized carbons (Fsp3) is 0.625. The van der Waals surface area contributed by atoms with Gasteiger partial charge in [-0.1, -0.05) is 0 Å². The van der Waals surface area contributed by atoms with E-state index < -0.39 is 5.60 Å². The first-order valence-electron chi connectivity index (χ1n) is 8.20. The van der Waals surface area contributed by atoms with Gasteiger partial charge in [0.05, 0.1) is 0 Å². The number of anilines is 1. The van der Waals surface area contributed by atoms with Gasteiger partial charge in [0.2, 0.25) is 0 Å². The molecule has 0 atom stereocenters. The number of nitrogens with one attached hydrogen (secondary N) is 3. The molecule has 2 heterocycles. The van der Waals surface area contributed by atoms with Crippen LogP contribution in [-0.4, -0.2) is 51.1 Å². The van der Waals surface area contributed by atoms with Gasteiger partial charge in [0.25, 0.3) is 0 Å². The van der Waals surface area contributed by atoms with Crippen molar-refractivity contribution < 1.29 is 9.53 Å². The first kappa shape index (κ1) is 19.4. The fourth-order valence-electron chi connectivity index (χ4n) is 2.57. The molecular weight excluding hydrogens is 388 g/mol. The molecule has 0 radical (unpaired) electrons. The second kappa shape index (κ2) is 7.55. The smallest absolute Gasteiger partial charge is 0.410 e. The predicted molar refractivity (Wildman–Crippen MR) is 99.0 cm³/mol. The molecule has 1 aliphatic heterocycles. The highest BCUT2D eigenvalue weighted by Gasteiger charge is 2.27. The van der Waals surface area contributed by atoms with Crippen molar-refractivity contribution in [3.63, 3.8) is 0 Å². The summed E-state index contributed by atoms with van der Waals surface area (Å²) in [5.74, 6) is 0.674. The van der Waals surface area contributed by atoms with Crippen molar-refractivity contribution >= 4 is 33.7 Å². The maximum absolute atomic E-state index is 12.1. The highest BCUT2D eigenvalue weighted by Crippen LogP contribution is 2.18. The van der Waals surface area contributed by atoms with Crippen LogP contribution in [0.5, 0.6) is 0 Å².